The molecule has 0 nitrogen and oxygen atoms in total. The van der Waals surface area contributed by atoms with Crippen LogP contribution in [0.25, 0.3) is 0 Å². The molecule has 0 amide bonds. The van der Waals surface area contributed by atoms with Crippen molar-refractivity contribution >= 4 is 16.1 Å². The molecule has 0 bridgehead atoms. The summed E-state index contributed by atoms with van der Waals surface area (Å²) < 4.78 is 0.764. The Morgan fingerprint density at radius 1 is 0.818 bits per heavy atom. The summed E-state index contributed by atoms with van der Waals surface area (Å²) in [5.74, 6) is 0. The topological polar surface area (TPSA) is 0 Å². The fraction of sp³-hybridized carbons (Fsp3) is 1.00. The molecule has 11 heavy (non-hydrogen) atoms. The molecule has 1 aliphatic rings. The van der Waals surface area contributed by atoms with Crippen LogP contribution >= 0.6 is 0 Å². The number of hydrogen-bond donors (Lipinski definition) is 0. The van der Waals surface area contributed by atoms with Gasteiger partial charge in [-0.15, -0.1) is 0 Å². The SMILES string of the molecule is CC1(C)[Si](C)(C)CC[Si]1(C)C. The molecule has 66 valence electrons. The Bertz CT molecular complexity index is 150. The van der Waals surface area contributed by atoms with Crippen molar-refractivity contribution in [1.82, 2.24) is 0 Å². The van der Waals surface area contributed by atoms with Gasteiger partial charge in [0.05, 0.1) is 16.1 Å². The van der Waals surface area contributed by atoms with Crippen molar-refractivity contribution in [2.45, 2.75) is 56.8 Å². The lowest BCUT2D eigenvalue weighted by atomic mass is 10.5. The predicted octanol–water partition coefficient (Wildman–Crippen LogP) is 3.74. The first-order valence-corrected chi connectivity index (χ1v) is 11.1. The van der Waals surface area contributed by atoms with Crippen molar-refractivity contribution in [1.29, 1.82) is 0 Å². The molecule has 2 heteroatoms. The second-order valence-electron chi connectivity index (χ2n) is 5.89. The maximum atomic E-state index is 2.58. The largest absolute Gasteiger partial charge is 0.0692 e. The van der Waals surface area contributed by atoms with Gasteiger partial charge < -0.3 is 0 Å². The molecular formula is C9H22Si2. The van der Waals surface area contributed by atoms with Crippen LogP contribution in [0.5, 0.6) is 0 Å². The molecule has 0 spiro atoms. The quantitative estimate of drug-likeness (QED) is 0.506. The van der Waals surface area contributed by atoms with Crippen LogP contribution in [0.4, 0.5) is 0 Å². The highest BCUT2D eigenvalue weighted by molar-refractivity contribution is 7.03. The van der Waals surface area contributed by atoms with Crippen LogP contribution in [0.3, 0.4) is 0 Å². The minimum atomic E-state index is -0.841. The van der Waals surface area contributed by atoms with E-state index in [1.54, 1.807) is 12.1 Å². The zero-order valence-electron chi connectivity index (χ0n) is 8.91. The van der Waals surface area contributed by atoms with Gasteiger partial charge in [-0.3, -0.25) is 0 Å². The standard InChI is InChI=1S/C9H22Si2/c1-9(2)10(3,4)7-8-11(9,5)6/h7-8H2,1-6H3. The van der Waals surface area contributed by atoms with Gasteiger partial charge in [-0.1, -0.05) is 52.1 Å². The first kappa shape index (κ1) is 9.52. The molecule has 0 N–H and O–H groups in total. The fourth-order valence-corrected chi connectivity index (χ4v) is 16.5. The van der Waals surface area contributed by atoms with Gasteiger partial charge in [0, 0.05) is 0 Å². The normalized spacial score (nSPS) is 32.2. The maximum absolute atomic E-state index is 2.58. The summed E-state index contributed by atoms with van der Waals surface area (Å²) in [7, 11) is -1.68. The Balaban J connectivity index is 3.00. The summed E-state index contributed by atoms with van der Waals surface area (Å²) in [6.07, 6.45) is 0. The second kappa shape index (κ2) is 2.22. The molecule has 0 aliphatic carbocycles. The third-order valence-corrected chi connectivity index (χ3v) is 19.1. The lowest BCUT2D eigenvalue weighted by Gasteiger charge is -2.41. The Kier molecular flexibility index (Phi) is 1.92. The highest BCUT2D eigenvalue weighted by atomic mass is 28.4. The maximum Gasteiger partial charge on any atom is 0.0501 e. The third kappa shape index (κ3) is 1.15. The molecule has 1 rings (SSSR count). The first-order chi connectivity index (χ1) is 4.71. The Labute approximate surface area is 73.4 Å². The van der Waals surface area contributed by atoms with Crippen LogP contribution in [0.1, 0.15) is 13.8 Å². The van der Waals surface area contributed by atoms with Crippen molar-refractivity contribution in [3.8, 4) is 0 Å². The lowest BCUT2D eigenvalue weighted by molar-refractivity contribution is 0.879. The van der Waals surface area contributed by atoms with Gasteiger partial charge in [0.25, 0.3) is 0 Å². The van der Waals surface area contributed by atoms with E-state index in [9.17, 15) is 0 Å². The van der Waals surface area contributed by atoms with E-state index >= 15 is 0 Å². The summed E-state index contributed by atoms with van der Waals surface area (Å²) in [6.45, 7) is 15.4. The molecule has 0 aromatic rings. The Hall–Kier alpha value is 0.434. The summed E-state index contributed by atoms with van der Waals surface area (Å²) in [5.41, 5.74) is 0. The fourth-order valence-electron chi connectivity index (χ4n) is 2.17. The highest BCUT2D eigenvalue weighted by Crippen LogP contribution is 2.56. The van der Waals surface area contributed by atoms with Crippen LogP contribution in [0.15, 0.2) is 0 Å². The van der Waals surface area contributed by atoms with E-state index in [1.165, 1.54) is 0 Å². The summed E-state index contributed by atoms with van der Waals surface area (Å²) in [5, 5.41) is 0. The zero-order valence-corrected chi connectivity index (χ0v) is 10.9. The molecule has 1 fully saturated rings. The smallest absolute Gasteiger partial charge is 0.0501 e. The van der Waals surface area contributed by atoms with E-state index in [1.807, 2.05) is 0 Å². The lowest BCUT2D eigenvalue weighted by Crippen LogP contribution is -2.45. The minimum absolute atomic E-state index is 0.764. The second-order valence-corrected chi connectivity index (χ2v) is 17.4. The molecule has 1 saturated heterocycles. The summed E-state index contributed by atoms with van der Waals surface area (Å²) >= 11 is 0. The van der Waals surface area contributed by atoms with Crippen molar-refractivity contribution in [2.24, 2.45) is 0 Å². The Morgan fingerprint density at radius 3 is 1.18 bits per heavy atom. The van der Waals surface area contributed by atoms with Crippen molar-refractivity contribution < 1.29 is 0 Å². The summed E-state index contributed by atoms with van der Waals surface area (Å²) in [4.78, 5) is 0. The Morgan fingerprint density at radius 2 is 1.09 bits per heavy atom. The molecule has 0 aromatic heterocycles. The van der Waals surface area contributed by atoms with Crippen molar-refractivity contribution in [2.75, 3.05) is 0 Å². The third-order valence-electron chi connectivity index (χ3n) is 4.76. The monoisotopic (exact) mass is 186 g/mol. The molecule has 0 aromatic carbocycles. The highest BCUT2D eigenvalue weighted by Gasteiger charge is 2.55. The molecule has 0 radical (unpaired) electrons. The van der Waals surface area contributed by atoms with E-state index in [2.05, 4.69) is 40.0 Å². The summed E-state index contributed by atoms with van der Waals surface area (Å²) in [6, 6.07) is 3.17. The number of hydrogen-bond acceptors (Lipinski definition) is 0. The van der Waals surface area contributed by atoms with Crippen LogP contribution in [-0.2, 0) is 0 Å². The molecule has 1 aliphatic heterocycles. The molecule has 0 atom stereocenters. The van der Waals surface area contributed by atoms with Gasteiger partial charge in [-0.25, -0.2) is 0 Å². The van der Waals surface area contributed by atoms with Crippen LogP contribution in [0, 0.1) is 0 Å². The van der Waals surface area contributed by atoms with Gasteiger partial charge in [0.2, 0.25) is 0 Å². The number of rotatable bonds is 0. The molecule has 0 saturated carbocycles. The van der Waals surface area contributed by atoms with Gasteiger partial charge in [0.1, 0.15) is 0 Å². The van der Waals surface area contributed by atoms with Crippen molar-refractivity contribution in [3.63, 3.8) is 0 Å². The van der Waals surface area contributed by atoms with E-state index in [-0.39, 0.29) is 0 Å². The van der Waals surface area contributed by atoms with Gasteiger partial charge in [-0.2, -0.15) is 0 Å². The zero-order chi connectivity index (χ0) is 8.91. The molecule has 1 heterocycles. The molecular weight excluding hydrogens is 164 g/mol. The molecule has 0 unspecified atom stereocenters. The van der Waals surface area contributed by atoms with Crippen molar-refractivity contribution in [3.05, 3.63) is 0 Å². The predicted molar refractivity (Wildman–Crippen MR) is 58.6 cm³/mol. The first-order valence-electron chi connectivity index (χ1n) is 4.71. The van der Waals surface area contributed by atoms with E-state index in [0.29, 0.717) is 0 Å². The minimum Gasteiger partial charge on any atom is -0.0692 e. The van der Waals surface area contributed by atoms with E-state index in [4.69, 9.17) is 0 Å². The van der Waals surface area contributed by atoms with Crippen LogP contribution in [-0.4, -0.2) is 16.1 Å². The average molecular weight is 186 g/mol. The average Bonchev–Trinajstić information content (AvgIpc) is 1.93. The van der Waals surface area contributed by atoms with E-state index in [0.717, 1.165) is 4.66 Å². The van der Waals surface area contributed by atoms with Gasteiger partial charge in [0.15, 0.2) is 0 Å². The van der Waals surface area contributed by atoms with Crippen LogP contribution < -0.4 is 0 Å². The van der Waals surface area contributed by atoms with Crippen LogP contribution in [0.2, 0.25) is 42.9 Å². The van der Waals surface area contributed by atoms with Gasteiger partial charge in [-0.05, 0) is 4.66 Å². The van der Waals surface area contributed by atoms with Gasteiger partial charge >= 0.3 is 0 Å². The van der Waals surface area contributed by atoms with E-state index < -0.39 is 16.1 Å².